The second kappa shape index (κ2) is 4.13. The molecule has 0 atom stereocenters. The van der Waals surface area contributed by atoms with E-state index in [1.807, 2.05) is 32.7 Å². The third-order valence-corrected chi connectivity index (χ3v) is 3.03. The quantitative estimate of drug-likeness (QED) is 0.858. The predicted octanol–water partition coefficient (Wildman–Crippen LogP) is 2.04. The first-order chi connectivity index (χ1) is 8.00. The van der Waals surface area contributed by atoms with E-state index in [9.17, 15) is 0 Å². The molecule has 17 heavy (non-hydrogen) atoms. The maximum absolute atomic E-state index is 5.93. The zero-order chi connectivity index (χ0) is 12.6. The maximum atomic E-state index is 5.93. The number of hydrogen-bond acceptors (Lipinski definition) is 3. The van der Waals surface area contributed by atoms with Gasteiger partial charge in [0.25, 0.3) is 0 Å². The van der Waals surface area contributed by atoms with E-state index in [0.29, 0.717) is 5.82 Å². The van der Waals surface area contributed by atoms with Crippen LogP contribution in [0.5, 0.6) is 0 Å². The van der Waals surface area contributed by atoms with Gasteiger partial charge in [-0.2, -0.15) is 5.10 Å². The van der Waals surface area contributed by atoms with Crippen molar-refractivity contribution >= 4 is 11.5 Å². The molecule has 4 heteroatoms. The van der Waals surface area contributed by atoms with Crippen LogP contribution in [0.25, 0.3) is 11.1 Å². The fourth-order valence-corrected chi connectivity index (χ4v) is 1.92. The van der Waals surface area contributed by atoms with Crippen molar-refractivity contribution in [1.82, 2.24) is 9.78 Å². The Bertz CT molecular complexity index is 523. The molecule has 0 saturated carbocycles. The van der Waals surface area contributed by atoms with Gasteiger partial charge in [0, 0.05) is 38.1 Å². The SMILES string of the molecule is Cc1c(-c2ccc(N(C)C)cc2)c(N)nn1C. The summed E-state index contributed by atoms with van der Waals surface area (Å²) >= 11 is 0. The molecule has 2 N–H and O–H groups in total. The van der Waals surface area contributed by atoms with Crippen molar-refractivity contribution in [1.29, 1.82) is 0 Å². The van der Waals surface area contributed by atoms with Crippen molar-refractivity contribution in [3.63, 3.8) is 0 Å². The number of nitrogen functional groups attached to an aromatic ring is 1. The summed E-state index contributed by atoms with van der Waals surface area (Å²) < 4.78 is 1.81. The maximum Gasteiger partial charge on any atom is 0.153 e. The Balaban J connectivity index is 2.47. The molecule has 0 aliphatic heterocycles. The minimum absolute atomic E-state index is 0.586. The zero-order valence-electron chi connectivity index (χ0n) is 10.7. The average Bonchev–Trinajstić information content (AvgIpc) is 2.53. The van der Waals surface area contributed by atoms with Gasteiger partial charge in [-0.05, 0) is 24.6 Å². The summed E-state index contributed by atoms with van der Waals surface area (Å²) in [5.41, 5.74) is 10.3. The van der Waals surface area contributed by atoms with Crippen LogP contribution < -0.4 is 10.6 Å². The van der Waals surface area contributed by atoms with Crippen molar-refractivity contribution in [2.24, 2.45) is 7.05 Å². The molecule has 0 radical (unpaired) electrons. The van der Waals surface area contributed by atoms with E-state index >= 15 is 0 Å². The highest BCUT2D eigenvalue weighted by Gasteiger charge is 2.12. The van der Waals surface area contributed by atoms with E-state index in [0.717, 1.165) is 16.8 Å². The Morgan fingerprint density at radius 3 is 2.18 bits per heavy atom. The minimum Gasteiger partial charge on any atom is -0.382 e. The molecule has 4 nitrogen and oxygen atoms in total. The molecule has 0 spiro atoms. The van der Waals surface area contributed by atoms with Gasteiger partial charge in [-0.25, -0.2) is 0 Å². The molecule has 0 amide bonds. The first-order valence-electron chi connectivity index (χ1n) is 5.57. The van der Waals surface area contributed by atoms with Gasteiger partial charge in [-0.1, -0.05) is 12.1 Å². The van der Waals surface area contributed by atoms with Gasteiger partial charge in [0.1, 0.15) is 0 Å². The lowest BCUT2D eigenvalue weighted by atomic mass is 10.1. The highest BCUT2D eigenvalue weighted by atomic mass is 15.3. The number of benzene rings is 1. The molecule has 90 valence electrons. The highest BCUT2D eigenvalue weighted by Crippen LogP contribution is 2.29. The van der Waals surface area contributed by atoms with Gasteiger partial charge in [0.05, 0.1) is 0 Å². The molecular formula is C13H18N4. The number of aromatic nitrogens is 2. The first-order valence-corrected chi connectivity index (χ1v) is 5.57. The third-order valence-electron chi connectivity index (χ3n) is 3.03. The molecule has 0 unspecified atom stereocenters. The lowest BCUT2D eigenvalue weighted by Gasteiger charge is -2.12. The summed E-state index contributed by atoms with van der Waals surface area (Å²) in [5, 5.41) is 4.23. The third kappa shape index (κ3) is 1.98. The molecule has 1 heterocycles. The first kappa shape index (κ1) is 11.5. The van der Waals surface area contributed by atoms with Crippen LogP contribution in [-0.2, 0) is 7.05 Å². The molecule has 0 aliphatic rings. The van der Waals surface area contributed by atoms with Crippen molar-refractivity contribution in [3.8, 4) is 11.1 Å². The van der Waals surface area contributed by atoms with Crippen LogP contribution in [0.2, 0.25) is 0 Å². The lowest BCUT2D eigenvalue weighted by Crippen LogP contribution is -2.07. The van der Waals surface area contributed by atoms with Crippen LogP contribution >= 0.6 is 0 Å². The molecular weight excluding hydrogens is 212 g/mol. The zero-order valence-corrected chi connectivity index (χ0v) is 10.7. The van der Waals surface area contributed by atoms with E-state index in [2.05, 4.69) is 34.3 Å². The second-order valence-corrected chi connectivity index (χ2v) is 4.41. The van der Waals surface area contributed by atoms with Gasteiger partial charge in [-0.3, -0.25) is 4.68 Å². The summed E-state index contributed by atoms with van der Waals surface area (Å²) in [6, 6.07) is 8.33. The van der Waals surface area contributed by atoms with E-state index in [1.54, 1.807) is 0 Å². The fourth-order valence-electron chi connectivity index (χ4n) is 1.92. The van der Waals surface area contributed by atoms with Gasteiger partial charge in [0.2, 0.25) is 0 Å². The number of hydrogen-bond donors (Lipinski definition) is 1. The van der Waals surface area contributed by atoms with Crippen LogP contribution in [0.4, 0.5) is 11.5 Å². The molecule has 0 saturated heterocycles. The van der Waals surface area contributed by atoms with E-state index < -0.39 is 0 Å². The van der Waals surface area contributed by atoms with Crippen LogP contribution in [0.3, 0.4) is 0 Å². The normalized spacial score (nSPS) is 10.6. The van der Waals surface area contributed by atoms with Gasteiger partial charge < -0.3 is 10.6 Å². The Morgan fingerprint density at radius 1 is 1.18 bits per heavy atom. The number of anilines is 2. The summed E-state index contributed by atoms with van der Waals surface area (Å²) in [6.45, 7) is 2.03. The smallest absolute Gasteiger partial charge is 0.153 e. The fraction of sp³-hybridized carbons (Fsp3) is 0.308. The standard InChI is InChI=1S/C13H18N4/c1-9-12(13(14)15-17(9)4)10-5-7-11(8-6-10)16(2)3/h5-8H,1-4H3,(H2,14,15). The minimum atomic E-state index is 0.586. The molecule has 0 bridgehead atoms. The summed E-state index contributed by atoms with van der Waals surface area (Å²) in [4.78, 5) is 2.07. The van der Waals surface area contributed by atoms with Crippen LogP contribution in [-0.4, -0.2) is 23.9 Å². The largest absolute Gasteiger partial charge is 0.382 e. The Kier molecular flexibility index (Phi) is 2.79. The van der Waals surface area contributed by atoms with Crippen molar-refractivity contribution in [2.45, 2.75) is 6.92 Å². The molecule has 1 aromatic heterocycles. The summed E-state index contributed by atoms with van der Waals surface area (Å²) in [7, 11) is 5.96. The van der Waals surface area contributed by atoms with Crippen molar-refractivity contribution in [2.75, 3.05) is 24.7 Å². The average molecular weight is 230 g/mol. The van der Waals surface area contributed by atoms with E-state index in [-0.39, 0.29) is 0 Å². The number of nitrogens with zero attached hydrogens (tertiary/aromatic N) is 3. The number of rotatable bonds is 2. The monoisotopic (exact) mass is 230 g/mol. The molecule has 1 aromatic carbocycles. The van der Waals surface area contributed by atoms with Crippen molar-refractivity contribution < 1.29 is 0 Å². The Hall–Kier alpha value is -1.97. The van der Waals surface area contributed by atoms with Gasteiger partial charge in [-0.15, -0.1) is 0 Å². The summed E-state index contributed by atoms with van der Waals surface area (Å²) in [6.07, 6.45) is 0. The van der Waals surface area contributed by atoms with Crippen LogP contribution in [0.1, 0.15) is 5.69 Å². The topological polar surface area (TPSA) is 47.1 Å². The van der Waals surface area contributed by atoms with E-state index in [4.69, 9.17) is 5.73 Å². The lowest BCUT2D eigenvalue weighted by molar-refractivity contribution is 0.744. The molecule has 0 aliphatic carbocycles. The number of aryl methyl sites for hydroxylation is 1. The van der Waals surface area contributed by atoms with Crippen molar-refractivity contribution in [3.05, 3.63) is 30.0 Å². The second-order valence-electron chi connectivity index (χ2n) is 4.41. The van der Waals surface area contributed by atoms with Crippen LogP contribution in [0, 0.1) is 6.92 Å². The van der Waals surface area contributed by atoms with E-state index in [1.165, 1.54) is 5.69 Å². The Labute approximate surface area is 102 Å². The number of nitrogens with two attached hydrogens (primary N) is 1. The molecule has 2 aromatic rings. The Morgan fingerprint density at radius 2 is 1.76 bits per heavy atom. The molecule has 0 fully saturated rings. The summed E-state index contributed by atoms with van der Waals surface area (Å²) in [5.74, 6) is 0.586. The van der Waals surface area contributed by atoms with Crippen LogP contribution in [0.15, 0.2) is 24.3 Å². The molecule has 2 rings (SSSR count). The highest BCUT2D eigenvalue weighted by molar-refractivity contribution is 5.77. The van der Waals surface area contributed by atoms with Gasteiger partial charge in [0.15, 0.2) is 5.82 Å². The van der Waals surface area contributed by atoms with Gasteiger partial charge >= 0.3 is 0 Å². The predicted molar refractivity (Wildman–Crippen MR) is 72.1 cm³/mol.